The molecule has 0 bridgehead atoms. The fraction of sp³-hybridized carbons (Fsp3) is 0.211. The zero-order valence-electron chi connectivity index (χ0n) is 14.1. The maximum atomic E-state index is 12.5. The van der Waals surface area contributed by atoms with Crippen LogP contribution in [0.15, 0.2) is 47.1 Å². The second-order valence-corrected chi connectivity index (χ2v) is 5.91. The number of carbonyl (C=O) groups is 1. The number of anilines is 1. The van der Waals surface area contributed by atoms with Crippen molar-refractivity contribution >= 4 is 22.6 Å². The molecule has 3 rings (SSSR count). The van der Waals surface area contributed by atoms with E-state index in [0.717, 1.165) is 22.6 Å². The van der Waals surface area contributed by atoms with Crippen molar-refractivity contribution in [1.29, 1.82) is 0 Å². The molecule has 1 heterocycles. The lowest BCUT2D eigenvalue weighted by atomic mass is 10.0. The fourth-order valence-corrected chi connectivity index (χ4v) is 2.68. The van der Waals surface area contributed by atoms with Gasteiger partial charge in [0.05, 0.1) is 18.4 Å². The largest absolute Gasteiger partial charge is 0.573 e. The normalized spacial score (nSPS) is 11.6. The van der Waals surface area contributed by atoms with E-state index in [0.29, 0.717) is 11.1 Å². The number of hydrogen-bond donors (Lipinski definition) is 1. The van der Waals surface area contributed by atoms with E-state index in [2.05, 4.69) is 10.1 Å². The number of aryl methyl sites for hydroxylation is 2. The molecular weight excluding hydrogens is 347 g/mol. The van der Waals surface area contributed by atoms with Crippen molar-refractivity contribution in [2.24, 2.45) is 0 Å². The SMILES string of the molecule is Cc1ccc2c(CC(=O)Nc3ccccc3OC(F)(F)F)coc2c1C. The van der Waals surface area contributed by atoms with Crippen molar-refractivity contribution in [1.82, 2.24) is 0 Å². The van der Waals surface area contributed by atoms with E-state index in [9.17, 15) is 18.0 Å². The molecule has 136 valence electrons. The number of ether oxygens (including phenoxy) is 1. The van der Waals surface area contributed by atoms with Crippen LogP contribution in [0, 0.1) is 13.8 Å². The van der Waals surface area contributed by atoms with Gasteiger partial charge in [-0.25, -0.2) is 0 Å². The zero-order chi connectivity index (χ0) is 18.9. The van der Waals surface area contributed by atoms with Crippen LogP contribution in [0.1, 0.15) is 16.7 Å². The number of amides is 1. The van der Waals surface area contributed by atoms with Crippen molar-refractivity contribution in [3.05, 3.63) is 59.4 Å². The highest BCUT2D eigenvalue weighted by Crippen LogP contribution is 2.31. The van der Waals surface area contributed by atoms with Crippen molar-refractivity contribution in [3.8, 4) is 5.75 Å². The molecule has 0 aliphatic heterocycles. The Bertz CT molecular complexity index is 960. The summed E-state index contributed by atoms with van der Waals surface area (Å²) in [5, 5.41) is 3.26. The fourth-order valence-electron chi connectivity index (χ4n) is 2.68. The summed E-state index contributed by atoms with van der Waals surface area (Å²) >= 11 is 0. The molecule has 2 aromatic carbocycles. The summed E-state index contributed by atoms with van der Waals surface area (Å²) in [4.78, 5) is 12.3. The Morgan fingerprint density at radius 1 is 1.15 bits per heavy atom. The molecule has 26 heavy (non-hydrogen) atoms. The number of furan rings is 1. The molecule has 3 aromatic rings. The van der Waals surface area contributed by atoms with Crippen molar-refractivity contribution in [3.63, 3.8) is 0 Å². The number of halogens is 3. The average molecular weight is 363 g/mol. The van der Waals surface area contributed by atoms with Gasteiger partial charge in [-0.2, -0.15) is 0 Å². The highest BCUT2D eigenvalue weighted by molar-refractivity contribution is 5.96. The summed E-state index contributed by atoms with van der Waals surface area (Å²) < 4.78 is 46.9. The van der Waals surface area contributed by atoms with Crippen molar-refractivity contribution < 1.29 is 27.1 Å². The van der Waals surface area contributed by atoms with Gasteiger partial charge in [0.1, 0.15) is 5.58 Å². The minimum atomic E-state index is -4.84. The van der Waals surface area contributed by atoms with Crippen LogP contribution in [-0.4, -0.2) is 12.3 Å². The summed E-state index contributed by atoms with van der Waals surface area (Å²) in [6.45, 7) is 3.89. The number of rotatable bonds is 4. The number of hydrogen-bond acceptors (Lipinski definition) is 3. The van der Waals surface area contributed by atoms with Crippen molar-refractivity contribution in [2.45, 2.75) is 26.6 Å². The van der Waals surface area contributed by atoms with Gasteiger partial charge in [0, 0.05) is 10.9 Å². The number of nitrogens with one attached hydrogen (secondary N) is 1. The molecule has 0 saturated heterocycles. The lowest BCUT2D eigenvalue weighted by Gasteiger charge is -2.13. The van der Waals surface area contributed by atoms with Gasteiger partial charge in [0.15, 0.2) is 5.75 Å². The number of fused-ring (bicyclic) bond motifs is 1. The Kier molecular flexibility index (Phi) is 4.63. The molecule has 1 N–H and O–H groups in total. The van der Waals surface area contributed by atoms with Gasteiger partial charge >= 0.3 is 6.36 Å². The Balaban J connectivity index is 1.79. The standard InChI is InChI=1S/C19H16F3NO3/c1-11-7-8-14-13(10-25-18(14)12(11)2)9-17(24)23-15-5-3-4-6-16(15)26-19(20,21)22/h3-8,10H,9H2,1-2H3,(H,23,24). The predicted octanol–water partition coefficient (Wildman–Crippen LogP) is 5.13. The molecular formula is C19H16F3NO3. The van der Waals surface area contributed by atoms with E-state index >= 15 is 0 Å². The summed E-state index contributed by atoms with van der Waals surface area (Å²) in [7, 11) is 0. The summed E-state index contributed by atoms with van der Waals surface area (Å²) in [5.41, 5.74) is 3.37. The maximum absolute atomic E-state index is 12.5. The quantitative estimate of drug-likeness (QED) is 0.699. The third-order valence-corrected chi connectivity index (χ3v) is 4.08. The van der Waals surface area contributed by atoms with Crippen LogP contribution in [0.5, 0.6) is 5.75 Å². The molecule has 0 aliphatic carbocycles. The van der Waals surface area contributed by atoms with Gasteiger partial charge in [0.2, 0.25) is 5.91 Å². The topological polar surface area (TPSA) is 51.5 Å². The lowest BCUT2D eigenvalue weighted by Crippen LogP contribution is -2.20. The highest BCUT2D eigenvalue weighted by atomic mass is 19.4. The molecule has 1 aromatic heterocycles. The van der Waals surface area contributed by atoms with Crippen LogP contribution in [0.25, 0.3) is 11.0 Å². The third-order valence-electron chi connectivity index (χ3n) is 4.08. The number of benzene rings is 2. The van der Waals surface area contributed by atoms with Crippen LogP contribution < -0.4 is 10.1 Å². The van der Waals surface area contributed by atoms with Gasteiger partial charge in [-0.1, -0.05) is 24.3 Å². The first-order chi connectivity index (χ1) is 12.2. The first-order valence-electron chi connectivity index (χ1n) is 7.85. The second kappa shape index (κ2) is 6.74. The van der Waals surface area contributed by atoms with Gasteiger partial charge in [0.25, 0.3) is 0 Å². The van der Waals surface area contributed by atoms with Crippen LogP contribution >= 0.6 is 0 Å². The number of alkyl halides is 3. The van der Waals surface area contributed by atoms with Crippen LogP contribution in [0.2, 0.25) is 0 Å². The highest BCUT2D eigenvalue weighted by Gasteiger charge is 2.32. The number of para-hydroxylation sites is 2. The predicted molar refractivity (Wildman–Crippen MR) is 91.1 cm³/mol. The molecule has 0 spiro atoms. The van der Waals surface area contributed by atoms with Crippen molar-refractivity contribution in [2.75, 3.05) is 5.32 Å². The Labute approximate surface area is 147 Å². The second-order valence-electron chi connectivity index (χ2n) is 5.91. The van der Waals surface area contributed by atoms with Crippen LogP contribution in [-0.2, 0) is 11.2 Å². The van der Waals surface area contributed by atoms with E-state index in [-0.39, 0.29) is 12.1 Å². The molecule has 0 fully saturated rings. The molecule has 0 unspecified atom stereocenters. The van der Waals surface area contributed by atoms with Gasteiger partial charge in [-0.05, 0) is 37.1 Å². The Morgan fingerprint density at radius 2 is 1.88 bits per heavy atom. The Hall–Kier alpha value is -2.96. The molecule has 0 aliphatic rings. The molecule has 0 atom stereocenters. The van der Waals surface area contributed by atoms with Gasteiger partial charge in [-0.3, -0.25) is 4.79 Å². The van der Waals surface area contributed by atoms with Crippen LogP contribution in [0.3, 0.4) is 0 Å². The van der Waals surface area contributed by atoms with Gasteiger partial charge < -0.3 is 14.5 Å². The smallest absolute Gasteiger partial charge is 0.464 e. The summed E-state index contributed by atoms with van der Waals surface area (Å²) in [6.07, 6.45) is -3.37. The number of carbonyl (C=O) groups excluding carboxylic acids is 1. The summed E-state index contributed by atoms with van der Waals surface area (Å²) in [5.74, 6) is -0.930. The molecule has 4 nitrogen and oxygen atoms in total. The molecule has 0 radical (unpaired) electrons. The minimum Gasteiger partial charge on any atom is -0.464 e. The first-order valence-corrected chi connectivity index (χ1v) is 7.85. The minimum absolute atomic E-state index is 0.0319. The monoisotopic (exact) mass is 363 g/mol. The van der Waals surface area contributed by atoms with E-state index < -0.39 is 18.0 Å². The van der Waals surface area contributed by atoms with E-state index in [1.54, 1.807) is 0 Å². The van der Waals surface area contributed by atoms with E-state index in [4.69, 9.17) is 4.42 Å². The van der Waals surface area contributed by atoms with E-state index in [1.165, 1.54) is 24.5 Å². The zero-order valence-corrected chi connectivity index (χ0v) is 14.1. The summed E-state index contributed by atoms with van der Waals surface area (Å²) in [6, 6.07) is 9.19. The van der Waals surface area contributed by atoms with E-state index in [1.807, 2.05) is 26.0 Å². The molecule has 0 saturated carbocycles. The molecule has 7 heteroatoms. The average Bonchev–Trinajstić information content (AvgIpc) is 2.95. The third kappa shape index (κ3) is 3.82. The van der Waals surface area contributed by atoms with Gasteiger partial charge in [-0.15, -0.1) is 13.2 Å². The maximum Gasteiger partial charge on any atom is 0.573 e. The first kappa shape index (κ1) is 17.8. The molecule has 1 amide bonds. The Morgan fingerprint density at radius 3 is 2.62 bits per heavy atom. The van der Waals surface area contributed by atoms with Crippen LogP contribution in [0.4, 0.5) is 18.9 Å². The lowest BCUT2D eigenvalue weighted by molar-refractivity contribution is -0.274.